The van der Waals surface area contributed by atoms with E-state index in [1.807, 2.05) is 55.4 Å². The van der Waals surface area contributed by atoms with Crippen LogP contribution in [0.25, 0.3) is 0 Å². The Morgan fingerprint density at radius 1 is 0.569 bits per heavy atom. The van der Waals surface area contributed by atoms with Crippen LogP contribution in [0.5, 0.6) is 0 Å². The second-order valence-electron chi connectivity index (χ2n) is 17.5. The molecular formula is C43H73N7O8. The molecule has 3 fully saturated rings. The van der Waals surface area contributed by atoms with Crippen molar-refractivity contribution < 1.29 is 38.3 Å². The molecule has 3 saturated heterocycles. The number of ether oxygens (including phenoxy) is 1. The largest absolute Gasteiger partial charge is 0.366 e. The Morgan fingerprint density at radius 3 is 1.22 bits per heavy atom. The van der Waals surface area contributed by atoms with Gasteiger partial charge in [-0.1, -0.05) is 87.1 Å². The molecule has 0 spiro atoms. The highest BCUT2D eigenvalue weighted by atomic mass is 16.5. The summed E-state index contributed by atoms with van der Waals surface area (Å²) in [6, 6.07) is -7.26. The van der Waals surface area contributed by atoms with Gasteiger partial charge in [-0.25, -0.2) is 0 Å². The van der Waals surface area contributed by atoms with Gasteiger partial charge in [-0.2, -0.15) is 0 Å². The summed E-state index contributed by atoms with van der Waals surface area (Å²) in [7, 11) is 0. The van der Waals surface area contributed by atoms with Crippen LogP contribution < -0.4 is 26.6 Å². The van der Waals surface area contributed by atoms with Crippen LogP contribution in [0.3, 0.4) is 0 Å². The van der Waals surface area contributed by atoms with Crippen molar-refractivity contribution in [2.45, 2.75) is 182 Å². The number of hydrogen-bond donors (Lipinski definition) is 5. The van der Waals surface area contributed by atoms with E-state index in [0.29, 0.717) is 51.4 Å². The van der Waals surface area contributed by atoms with Crippen LogP contribution in [-0.4, -0.2) is 118 Å². The van der Waals surface area contributed by atoms with Gasteiger partial charge in [-0.3, -0.25) is 33.6 Å². The van der Waals surface area contributed by atoms with E-state index in [4.69, 9.17) is 4.74 Å². The molecule has 58 heavy (non-hydrogen) atoms. The fourth-order valence-electron chi connectivity index (χ4n) is 7.95. The lowest BCUT2D eigenvalue weighted by atomic mass is 9.94. The molecule has 15 heteroatoms. The minimum Gasteiger partial charge on any atom is -0.366 e. The summed E-state index contributed by atoms with van der Waals surface area (Å²) in [6.07, 6.45) is 4.57. The average Bonchev–Trinajstić information content (AvgIpc) is 3.91. The predicted molar refractivity (Wildman–Crippen MR) is 222 cm³/mol. The Labute approximate surface area is 346 Å². The lowest BCUT2D eigenvalue weighted by Gasteiger charge is -2.35. The van der Waals surface area contributed by atoms with Gasteiger partial charge in [0.1, 0.15) is 42.3 Å². The molecule has 328 valence electrons. The standard InChI is InChI=1S/C43H73N7O8/c1-13-24(6)31-38(53)46-33(26(8)15-3)41(56)49-22-18-21-30(49)37(52)45-32(25(7)14-2)39(54)48-35(28(10)58-43(11,12)17-5)40(55)47-34(27(9)16-4)42(57)50-23-19-20-29(50)36(51)44-31/h17,24-35H,5,13-16,18-23H2,1-4,6-12H3,(H,44,51)(H,45,52)(H,46,53)(H,47,55)(H,48,54)/t24-,25+,26+,27+,28-,29+,30-,31-,32-,33-,34-,35-/m0/s1. The molecule has 0 bridgehead atoms. The zero-order chi connectivity index (χ0) is 43.6. The summed E-state index contributed by atoms with van der Waals surface area (Å²) in [5.41, 5.74) is -0.895. The number of nitrogens with one attached hydrogen (secondary N) is 5. The van der Waals surface area contributed by atoms with Crippen molar-refractivity contribution in [1.82, 2.24) is 36.4 Å². The second kappa shape index (κ2) is 21.3. The smallest absolute Gasteiger partial charge is 0.246 e. The zero-order valence-corrected chi connectivity index (χ0v) is 36.9. The first kappa shape index (κ1) is 48.4. The average molecular weight is 816 g/mol. The Kier molecular flexibility index (Phi) is 17.8. The molecule has 0 aliphatic carbocycles. The molecule has 0 unspecified atom stereocenters. The lowest BCUT2D eigenvalue weighted by molar-refractivity contribution is -0.145. The van der Waals surface area contributed by atoms with E-state index >= 15 is 0 Å². The van der Waals surface area contributed by atoms with Crippen LogP contribution >= 0.6 is 0 Å². The van der Waals surface area contributed by atoms with E-state index in [9.17, 15) is 33.6 Å². The molecule has 15 nitrogen and oxygen atoms in total. The number of rotatable bonds is 12. The summed E-state index contributed by atoms with van der Waals surface area (Å²) < 4.78 is 6.24. The normalized spacial score (nSPS) is 30.0. The van der Waals surface area contributed by atoms with Crippen LogP contribution in [-0.2, 0) is 38.3 Å². The van der Waals surface area contributed by atoms with E-state index in [0.717, 1.165) is 0 Å². The number of amides is 7. The molecule has 0 aromatic heterocycles. The first-order valence-corrected chi connectivity index (χ1v) is 21.7. The Morgan fingerprint density at radius 2 is 0.879 bits per heavy atom. The maximum absolute atomic E-state index is 14.5. The van der Waals surface area contributed by atoms with E-state index in [-0.39, 0.29) is 36.8 Å². The van der Waals surface area contributed by atoms with Crippen molar-refractivity contribution in [3.63, 3.8) is 0 Å². The van der Waals surface area contributed by atoms with Crippen molar-refractivity contribution in [2.24, 2.45) is 23.7 Å². The monoisotopic (exact) mass is 816 g/mol. The molecule has 12 atom stereocenters. The van der Waals surface area contributed by atoms with Crippen molar-refractivity contribution in [3.05, 3.63) is 12.7 Å². The SMILES string of the molecule is C=CC(C)(C)O[C@@H](C)[C@@H]1NC(=O)[C@H]([C@H](C)CC)NC(=O)[C@@H]2CCCN2C(=O)[C@H]([C@H](C)CC)NC(=O)[C@H]([C@@H](C)CC)NC(=O)[C@H]2CCCN2C(=O)[C@H]([C@H](C)CC)NC1=O. The molecule has 7 amide bonds. The van der Waals surface area contributed by atoms with Gasteiger partial charge in [0, 0.05) is 13.1 Å². The quantitative estimate of drug-likeness (QED) is 0.186. The predicted octanol–water partition coefficient (Wildman–Crippen LogP) is 2.96. The van der Waals surface area contributed by atoms with Crippen molar-refractivity contribution in [3.8, 4) is 0 Å². The Balaban J connectivity index is 2.21. The van der Waals surface area contributed by atoms with E-state index in [2.05, 4.69) is 33.2 Å². The molecule has 0 radical (unpaired) electrons. The van der Waals surface area contributed by atoms with Crippen LogP contribution in [0, 0.1) is 23.7 Å². The molecule has 3 rings (SSSR count). The maximum Gasteiger partial charge on any atom is 0.246 e. The number of nitrogens with zero attached hydrogens (tertiary/aromatic N) is 2. The van der Waals surface area contributed by atoms with Crippen molar-refractivity contribution >= 4 is 41.4 Å². The number of hydrogen-bond acceptors (Lipinski definition) is 8. The summed E-state index contributed by atoms with van der Waals surface area (Å²) >= 11 is 0. The van der Waals surface area contributed by atoms with E-state index < -0.39 is 95.3 Å². The molecule has 0 aromatic rings. The van der Waals surface area contributed by atoms with Gasteiger partial charge in [0.25, 0.3) is 0 Å². The highest BCUT2D eigenvalue weighted by molar-refractivity contribution is 5.99. The third kappa shape index (κ3) is 11.6. The minimum absolute atomic E-state index is 0.269. The Hall–Kier alpha value is -4.01. The van der Waals surface area contributed by atoms with Crippen LogP contribution in [0.1, 0.15) is 128 Å². The first-order valence-electron chi connectivity index (χ1n) is 21.7. The Bertz CT molecular complexity index is 1500. The van der Waals surface area contributed by atoms with Gasteiger partial charge in [0.15, 0.2) is 0 Å². The second-order valence-corrected chi connectivity index (χ2v) is 17.5. The number of fused-ring (bicyclic) bond motifs is 2. The summed E-state index contributed by atoms with van der Waals surface area (Å²) in [4.78, 5) is 103. The summed E-state index contributed by atoms with van der Waals surface area (Å²) in [5, 5.41) is 14.6. The van der Waals surface area contributed by atoms with Crippen LogP contribution in [0.4, 0.5) is 0 Å². The van der Waals surface area contributed by atoms with Crippen molar-refractivity contribution in [2.75, 3.05) is 13.1 Å². The molecule has 3 heterocycles. The zero-order valence-electron chi connectivity index (χ0n) is 36.9. The van der Waals surface area contributed by atoms with Gasteiger partial charge in [-0.05, 0) is 70.1 Å². The third-order valence-corrected chi connectivity index (χ3v) is 12.8. The minimum atomic E-state index is -1.31. The van der Waals surface area contributed by atoms with Gasteiger partial charge in [0.05, 0.1) is 11.7 Å². The molecule has 3 aliphatic rings. The van der Waals surface area contributed by atoms with Gasteiger partial charge >= 0.3 is 0 Å². The highest BCUT2D eigenvalue weighted by Crippen LogP contribution is 2.26. The number of carbonyl (C=O) groups is 7. The van der Waals surface area contributed by atoms with Crippen LogP contribution in [0.15, 0.2) is 12.7 Å². The van der Waals surface area contributed by atoms with Gasteiger partial charge in [-0.15, -0.1) is 6.58 Å². The highest BCUT2D eigenvalue weighted by Gasteiger charge is 2.45. The van der Waals surface area contributed by atoms with Crippen LogP contribution in [0.2, 0.25) is 0 Å². The van der Waals surface area contributed by atoms with Gasteiger partial charge in [0.2, 0.25) is 41.4 Å². The lowest BCUT2D eigenvalue weighted by Crippen LogP contribution is -2.63. The molecule has 0 saturated carbocycles. The molecule has 5 N–H and O–H groups in total. The topological polar surface area (TPSA) is 195 Å². The number of carbonyl (C=O) groups excluding carboxylic acids is 7. The fourth-order valence-corrected chi connectivity index (χ4v) is 7.95. The summed E-state index contributed by atoms with van der Waals surface area (Å²) in [6.45, 7) is 24.5. The summed E-state index contributed by atoms with van der Waals surface area (Å²) in [5.74, 6) is -5.08. The van der Waals surface area contributed by atoms with Gasteiger partial charge < -0.3 is 41.1 Å². The first-order chi connectivity index (χ1) is 27.3. The maximum atomic E-state index is 14.5. The molecule has 0 aromatic carbocycles. The molecular weight excluding hydrogens is 743 g/mol. The third-order valence-electron chi connectivity index (χ3n) is 12.8. The van der Waals surface area contributed by atoms with Crippen molar-refractivity contribution in [1.29, 1.82) is 0 Å². The van der Waals surface area contributed by atoms with E-state index in [1.165, 1.54) is 9.80 Å². The molecule has 3 aliphatic heterocycles. The van der Waals surface area contributed by atoms with E-state index in [1.54, 1.807) is 26.8 Å². The fraction of sp³-hybridized carbons (Fsp3) is 0.791.